The molecule has 0 saturated carbocycles. The normalized spacial score (nSPS) is 9.92. The Kier molecular flexibility index (Phi) is 2.38. The van der Waals surface area contributed by atoms with Gasteiger partial charge in [0.15, 0.2) is 6.29 Å². The summed E-state index contributed by atoms with van der Waals surface area (Å²) in [7, 11) is 0. The van der Waals surface area contributed by atoms with E-state index in [2.05, 4.69) is 0 Å². The van der Waals surface area contributed by atoms with Crippen LogP contribution in [-0.2, 0) is 0 Å². The zero-order valence-electron chi connectivity index (χ0n) is 6.89. The molecule has 0 spiro atoms. The van der Waals surface area contributed by atoms with Crippen molar-refractivity contribution in [1.82, 2.24) is 0 Å². The molecule has 0 saturated heterocycles. The predicted octanol–water partition coefficient (Wildman–Crippen LogP) is 2.47. The molecule has 0 aliphatic rings. The van der Waals surface area contributed by atoms with Gasteiger partial charge in [-0.25, -0.2) is 0 Å². The minimum atomic E-state index is 0.0252. The number of aryl methyl sites for hydroxylation is 1. The van der Waals surface area contributed by atoms with Crippen molar-refractivity contribution in [3.8, 4) is 5.75 Å². The molecule has 1 N–H and O–H groups in total. The fourth-order valence-corrected chi connectivity index (χ4v) is 1.29. The second-order valence-electron chi connectivity index (χ2n) is 2.68. The van der Waals surface area contributed by atoms with Crippen molar-refractivity contribution in [1.29, 1.82) is 0 Å². The average molecular weight is 185 g/mol. The highest BCUT2D eigenvalue weighted by Gasteiger charge is 2.09. The van der Waals surface area contributed by atoms with Crippen LogP contribution in [0.3, 0.4) is 0 Å². The molecular formula is C9H9ClO2. The molecule has 0 radical (unpaired) electrons. The molecule has 0 unspecified atom stereocenters. The van der Waals surface area contributed by atoms with Crippen LogP contribution >= 0.6 is 11.6 Å². The molecule has 0 atom stereocenters. The number of halogens is 1. The molecule has 64 valence electrons. The van der Waals surface area contributed by atoms with E-state index < -0.39 is 0 Å². The topological polar surface area (TPSA) is 37.3 Å². The summed E-state index contributed by atoms with van der Waals surface area (Å²) < 4.78 is 0. The predicted molar refractivity (Wildman–Crippen MR) is 48.0 cm³/mol. The Morgan fingerprint density at radius 3 is 2.58 bits per heavy atom. The van der Waals surface area contributed by atoms with E-state index in [0.717, 1.165) is 11.8 Å². The summed E-state index contributed by atoms with van der Waals surface area (Å²) in [6, 6.07) is 1.49. The van der Waals surface area contributed by atoms with Crippen LogP contribution in [0.4, 0.5) is 0 Å². The molecule has 0 aromatic heterocycles. The van der Waals surface area contributed by atoms with Crippen LogP contribution in [0.5, 0.6) is 5.75 Å². The van der Waals surface area contributed by atoms with Crippen molar-refractivity contribution in [2.45, 2.75) is 13.8 Å². The number of phenols is 1. The fraction of sp³-hybridized carbons (Fsp3) is 0.222. The highest BCUT2D eigenvalue weighted by molar-refractivity contribution is 6.33. The number of carbonyl (C=O) groups is 1. The van der Waals surface area contributed by atoms with Crippen LogP contribution in [0.1, 0.15) is 21.5 Å². The first kappa shape index (κ1) is 9.07. The van der Waals surface area contributed by atoms with Crippen molar-refractivity contribution in [2.75, 3.05) is 0 Å². The van der Waals surface area contributed by atoms with Crippen molar-refractivity contribution < 1.29 is 9.90 Å². The molecule has 3 heteroatoms. The summed E-state index contributed by atoms with van der Waals surface area (Å²) in [5.74, 6) is 0.0252. The number of hydrogen-bond acceptors (Lipinski definition) is 2. The van der Waals surface area contributed by atoms with Crippen LogP contribution < -0.4 is 0 Å². The van der Waals surface area contributed by atoms with Crippen LogP contribution in [-0.4, -0.2) is 11.4 Å². The lowest BCUT2D eigenvalue weighted by molar-refractivity contribution is 0.112. The number of carbonyl (C=O) groups excluding carboxylic acids is 1. The van der Waals surface area contributed by atoms with Gasteiger partial charge in [-0.15, -0.1) is 0 Å². The van der Waals surface area contributed by atoms with Crippen LogP contribution in [0.25, 0.3) is 0 Å². The Morgan fingerprint density at radius 1 is 1.50 bits per heavy atom. The molecule has 1 aromatic rings. The van der Waals surface area contributed by atoms with Gasteiger partial charge >= 0.3 is 0 Å². The number of phenolic OH excluding ortho intramolecular Hbond substituents is 1. The highest BCUT2D eigenvalue weighted by atomic mass is 35.5. The van der Waals surface area contributed by atoms with Crippen molar-refractivity contribution in [3.05, 3.63) is 27.8 Å². The third kappa shape index (κ3) is 1.30. The lowest BCUT2D eigenvalue weighted by Crippen LogP contribution is -1.92. The number of rotatable bonds is 1. The Morgan fingerprint density at radius 2 is 2.08 bits per heavy atom. The van der Waals surface area contributed by atoms with Crippen molar-refractivity contribution in [2.24, 2.45) is 0 Å². The first-order valence-electron chi connectivity index (χ1n) is 3.51. The van der Waals surface area contributed by atoms with Gasteiger partial charge in [-0.05, 0) is 31.0 Å². The largest absolute Gasteiger partial charge is 0.506 e. The van der Waals surface area contributed by atoms with E-state index in [4.69, 9.17) is 11.6 Å². The number of aldehydes is 1. The van der Waals surface area contributed by atoms with E-state index in [-0.39, 0.29) is 10.8 Å². The Labute approximate surface area is 75.8 Å². The standard InChI is InChI=1S/C9H9ClO2/c1-5-3-8(12)9(10)6(2)7(5)4-11/h3-4,12H,1-2H3. The van der Waals surface area contributed by atoms with Gasteiger partial charge in [-0.1, -0.05) is 11.6 Å². The molecule has 1 rings (SSSR count). The smallest absolute Gasteiger partial charge is 0.150 e. The van der Waals surface area contributed by atoms with Crippen molar-refractivity contribution in [3.63, 3.8) is 0 Å². The SMILES string of the molecule is Cc1cc(O)c(Cl)c(C)c1C=O. The summed E-state index contributed by atoms with van der Waals surface area (Å²) in [5, 5.41) is 9.51. The second-order valence-corrected chi connectivity index (χ2v) is 3.06. The molecule has 0 aliphatic carbocycles. The average Bonchev–Trinajstić information content (AvgIpc) is 2.01. The number of aromatic hydroxyl groups is 1. The molecule has 0 amide bonds. The van der Waals surface area contributed by atoms with Crippen LogP contribution in [0.2, 0.25) is 5.02 Å². The zero-order valence-corrected chi connectivity index (χ0v) is 7.64. The summed E-state index contributed by atoms with van der Waals surface area (Å²) in [6.45, 7) is 3.46. The second kappa shape index (κ2) is 3.15. The van der Waals surface area contributed by atoms with E-state index in [1.54, 1.807) is 13.8 Å². The van der Waals surface area contributed by atoms with E-state index >= 15 is 0 Å². The van der Waals surface area contributed by atoms with E-state index in [1.807, 2.05) is 0 Å². The lowest BCUT2D eigenvalue weighted by atomic mass is 10.0. The Bertz CT molecular complexity index is 332. The van der Waals surface area contributed by atoms with E-state index in [0.29, 0.717) is 11.1 Å². The van der Waals surface area contributed by atoms with Gasteiger partial charge in [-0.3, -0.25) is 4.79 Å². The molecule has 0 fully saturated rings. The molecular weight excluding hydrogens is 176 g/mol. The van der Waals surface area contributed by atoms with Gasteiger partial charge in [0.25, 0.3) is 0 Å². The summed E-state index contributed by atoms with van der Waals surface area (Å²) in [6.07, 6.45) is 0.746. The van der Waals surface area contributed by atoms with Gasteiger partial charge in [0.1, 0.15) is 5.75 Å². The van der Waals surface area contributed by atoms with E-state index in [9.17, 15) is 9.90 Å². The van der Waals surface area contributed by atoms with Crippen LogP contribution in [0, 0.1) is 13.8 Å². The molecule has 1 aromatic carbocycles. The fourth-order valence-electron chi connectivity index (χ4n) is 1.13. The molecule has 0 aliphatic heterocycles. The Hall–Kier alpha value is -1.02. The van der Waals surface area contributed by atoms with Gasteiger partial charge in [0.2, 0.25) is 0 Å². The minimum absolute atomic E-state index is 0.0252. The van der Waals surface area contributed by atoms with Gasteiger partial charge < -0.3 is 5.11 Å². The number of benzene rings is 1. The molecule has 12 heavy (non-hydrogen) atoms. The van der Waals surface area contributed by atoms with Crippen molar-refractivity contribution >= 4 is 17.9 Å². The quantitative estimate of drug-likeness (QED) is 0.681. The molecule has 0 bridgehead atoms. The summed E-state index contributed by atoms with van der Waals surface area (Å²) in [4.78, 5) is 10.6. The zero-order chi connectivity index (χ0) is 9.30. The maximum absolute atomic E-state index is 10.6. The lowest BCUT2D eigenvalue weighted by Gasteiger charge is -2.06. The van der Waals surface area contributed by atoms with Crippen LogP contribution in [0.15, 0.2) is 6.07 Å². The van der Waals surface area contributed by atoms with Gasteiger partial charge in [0.05, 0.1) is 5.02 Å². The monoisotopic (exact) mass is 184 g/mol. The summed E-state index contributed by atoms with van der Waals surface area (Å²) in [5.41, 5.74) is 1.92. The summed E-state index contributed by atoms with van der Waals surface area (Å²) >= 11 is 5.72. The van der Waals surface area contributed by atoms with Gasteiger partial charge in [-0.2, -0.15) is 0 Å². The Balaban J connectivity index is 3.51. The first-order chi connectivity index (χ1) is 5.57. The van der Waals surface area contributed by atoms with Gasteiger partial charge in [0, 0.05) is 5.56 Å². The molecule has 2 nitrogen and oxygen atoms in total. The minimum Gasteiger partial charge on any atom is -0.506 e. The third-order valence-electron chi connectivity index (χ3n) is 1.85. The van der Waals surface area contributed by atoms with E-state index in [1.165, 1.54) is 6.07 Å². The highest BCUT2D eigenvalue weighted by Crippen LogP contribution is 2.30. The maximum Gasteiger partial charge on any atom is 0.150 e. The molecule has 0 heterocycles. The maximum atomic E-state index is 10.6. The third-order valence-corrected chi connectivity index (χ3v) is 2.33. The first-order valence-corrected chi connectivity index (χ1v) is 3.89. The number of hydrogen-bond donors (Lipinski definition) is 1.